The van der Waals surface area contributed by atoms with Crippen molar-refractivity contribution in [2.75, 3.05) is 20.7 Å². The summed E-state index contributed by atoms with van der Waals surface area (Å²) in [4.78, 5) is 6.25. The highest BCUT2D eigenvalue weighted by Gasteiger charge is 2.53. The van der Waals surface area contributed by atoms with E-state index in [1.807, 2.05) is 19.0 Å². The number of amidine groups is 1. The highest BCUT2D eigenvalue weighted by molar-refractivity contribution is 8.14. The van der Waals surface area contributed by atoms with Gasteiger partial charge in [0.1, 0.15) is 6.10 Å². The molecule has 1 saturated carbocycles. The van der Waals surface area contributed by atoms with Gasteiger partial charge >= 0.3 is 0 Å². The zero-order chi connectivity index (χ0) is 11.2. The Hall–Kier alpha value is -0.300. The minimum atomic E-state index is -0.857. The van der Waals surface area contributed by atoms with Crippen LogP contribution >= 0.6 is 11.8 Å². The van der Waals surface area contributed by atoms with Crippen LogP contribution in [0.3, 0.4) is 0 Å². The molecule has 1 heterocycles. The third-order valence-corrected chi connectivity index (χ3v) is 4.57. The molecule has 0 aromatic heterocycles. The van der Waals surface area contributed by atoms with Gasteiger partial charge in [0, 0.05) is 31.9 Å². The van der Waals surface area contributed by atoms with Gasteiger partial charge in [0.25, 0.3) is 0 Å². The van der Waals surface area contributed by atoms with E-state index in [1.165, 1.54) is 11.8 Å². The first-order valence-electron chi connectivity index (χ1n) is 4.95. The number of aliphatic imine (C=N–C) groups is 1. The predicted octanol–water partition coefficient (Wildman–Crippen LogP) is -1.27. The van der Waals surface area contributed by atoms with E-state index in [1.54, 1.807) is 0 Å². The maximum absolute atomic E-state index is 9.77. The van der Waals surface area contributed by atoms with Crippen molar-refractivity contribution in [3.63, 3.8) is 0 Å². The SMILES string of the molecule is CN(C)C1=N[C@@H]2[C@@H](O)[C@H](O)[C@@H](CO)[C@H]2S1. The molecule has 3 N–H and O–H groups in total. The number of hydrogen-bond acceptors (Lipinski definition) is 6. The summed E-state index contributed by atoms with van der Waals surface area (Å²) >= 11 is 1.53. The molecule has 2 rings (SSSR count). The number of thioether (sulfide) groups is 1. The lowest BCUT2D eigenvalue weighted by molar-refractivity contribution is 0.00324. The summed E-state index contributed by atoms with van der Waals surface area (Å²) in [6.45, 7) is -0.109. The molecule has 1 aliphatic heterocycles. The molecule has 0 amide bonds. The molecule has 5 nitrogen and oxygen atoms in total. The van der Waals surface area contributed by atoms with E-state index >= 15 is 0 Å². The summed E-state index contributed by atoms with van der Waals surface area (Å²) < 4.78 is 0. The third kappa shape index (κ3) is 1.65. The van der Waals surface area contributed by atoms with Gasteiger partial charge < -0.3 is 20.2 Å². The molecule has 15 heavy (non-hydrogen) atoms. The fourth-order valence-electron chi connectivity index (χ4n) is 2.12. The van der Waals surface area contributed by atoms with Crippen LogP contribution < -0.4 is 0 Å². The Bertz CT molecular complexity index is 285. The van der Waals surface area contributed by atoms with E-state index in [0.29, 0.717) is 0 Å². The Morgan fingerprint density at radius 3 is 2.53 bits per heavy atom. The minimum absolute atomic E-state index is 0.00241. The molecule has 0 spiro atoms. The summed E-state index contributed by atoms with van der Waals surface area (Å²) in [6.07, 6.45) is -1.71. The van der Waals surface area contributed by atoms with Crippen LogP contribution in [0.5, 0.6) is 0 Å². The normalized spacial score (nSPS) is 44.1. The van der Waals surface area contributed by atoms with Crippen molar-refractivity contribution in [2.45, 2.75) is 23.5 Å². The van der Waals surface area contributed by atoms with Crippen LogP contribution in [0.15, 0.2) is 4.99 Å². The smallest absolute Gasteiger partial charge is 0.159 e. The zero-order valence-corrected chi connectivity index (χ0v) is 9.55. The van der Waals surface area contributed by atoms with Crippen molar-refractivity contribution in [1.29, 1.82) is 0 Å². The fraction of sp³-hybridized carbons (Fsp3) is 0.889. The topological polar surface area (TPSA) is 76.3 Å². The number of nitrogens with zero attached hydrogens (tertiary/aromatic N) is 2. The quantitative estimate of drug-likeness (QED) is 0.526. The van der Waals surface area contributed by atoms with Crippen LogP contribution in [0.2, 0.25) is 0 Å². The number of hydrogen-bond donors (Lipinski definition) is 3. The average molecular weight is 232 g/mol. The maximum atomic E-state index is 9.77. The summed E-state index contributed by atoms with van der Waals surface area (Å²) in [5.74, 6) is -0.281. The van der Waals surface area contributed by atoms with Gasteiger partial charge in [-0.3, -0.25) is 4.99 Å². The molecule has 0 radical (unpaired) electrons. The van der Waals surface area contributed by atoms with Crippen molar-refractivity contribution in [3.8, 4) is 0 Å². The van der Waals surface area contributed by atoms with Gasteiger partial charge in [-0.15, -0.1) is 0 Å². The van der Waals surface area contributed by atoms with Crippen LogP contribution in [0, 0.1) is 5.92 Å². The highest BCUT2D eigenvalue weighted by atomic mass is 32.2. The molecule has 5 atom stereocenters. The molecular formula is C9H16N2O3S. The number of aliphatic hydroxyl groups is 3. The summed E-state index contributed by atoms with van der Waals surface area (Å²) in [5, 5.41) is 29.5. The van der Waals surface area contributed by atoms with Crippen molar-refractivity contribution in [2.24, 2.45) is 10.9 Å². The van der Waals surface area contributed by atoms with Crippen LogP contribution in [0.4, 0.5) is 0 Å². The molecule has 86 valence electrons. The highest BCUT2D eigenvalue weighted by Crippen LogP contribution is 2.42. The molecule has 0 saturated heterocycles. The molecule has 0 aromatic carbocycles. The number of aliphatic hydroxyl groups excluding tert-OH is 3. The van der Waals surface area contributed by atoms with Gasteiger partial charge in [-0.05, 0) is 0 Å². The molecular weight excluding hydrogens is 216 g/mol. The molecule has 2 aliphatic rings. The monoisotopic (exact) mass is 232 g/mol. The predicted molar refractivity (Wildman–Crippen MR) is 58.9 cm³/mol. The molecule has 0 aromatic rings. The molecule has 0 unspecified atom stereocenters. The van der Waals surface area contributed by atoms with E-state index in [9.17, 15) is 15.3 Å². The van der Waals surface area contributed by atoms with Crippen LogP contribution in [0.1, 0.15) is 0 Å². The Kier molecular flexibility index (Phi) is 2.94. The number of rotatable bonds is 1. The standard InChI is InChI=1S/C9H16N2O3S/c1-11(2)9-10-5-7(14)6(13)4(3-12)8(5)15-9/h4-8,12-14H,3H2,1-2H3/t4-,5-,6-,7-,8-/m1/s1. The average Bonchev–Trinajstić information content (AvgIpc) is 2.69. The van der Waals surface area contributed by atoms with Gasteiger partial charge in [0.2, 0.25) is 0 Å². The van der Waals surface area contributed by atoms with Crippen molar-refractivity contribution in [1.82, 2.24) is 4.90 Å². The third-order valence-electron chi connectivity index (χ3n) is 2.99. The van der Waals surface area contributed by atoms with Crippen molar-refractivity contribution >= 4 is 16.9 Å². The lowest BCUT2D eigenvalue weighted by Crippen LogP contribution is -2.32. The van der Waals surface area contributed by atoms with Gasteiger partial charge in [-0.25, -0.2) is 0 Å². The van der Waals surface area contributed by atoms with E-state index < -0.39 is 12.2 Å². The van der Waals surface area contributed by atoms with E-state index in [-0.39, 0.29) is 23.8 Å². The minimum Gasteiger partial charge on any atom is -0.396 e. The second-order valence-corrected chi connectivity index (χ2v) is 5.35. The summed E-state index contributed by atoms with van der Waals surface area (Å²) in [7, 11) is 3.79. The first-order chi connectivity index (χ1) is 7.06. The maximum Gasteiger partial charge on any atom is 0.159 e. The molecule has 6 heteroatoms. The first-order valence-corrected chi connectivity index (χ1v) is 5.83. The zero-order valence-electron chi connectivity index (χ0n) is 8.74. The van der Waals surface area contributed by atoms with Gasteiger partial charge in [-0.2, -0.15) is 0 Å². The van der Waals surface area contributed by atoms with Crippen molar-refractivity contribution in [3.05, 3.63) is 0 Å². The van der Waals surface area contributed by atoms with Crippen LogP contribution in [-0.2, 0) is 0 Å². The summed E-state index contributed by atoms with van der Waals surface area (Å²) in [6, 6.07) is -0.278. The van der Waals surface area contributed by atoms with E-state index in [2.05, 4.69) is 4.99 Å². The van der Waals surface area contributed by atoms with Gasteiger partial charge in [0.15, 0.2) is 5.17 Å². The lowest BCUT2D eigenvalue weighted by Gasteiger charge is -2.19. The van der Waals surface area contributed by atoms with Gasteiger partial charge in [-0.1, -0.05) is 11.8 Å². The molecule has 1 fully saturated rings. The van der Waals surface area contributed by atoms with E-state index in [0.717, 1.165) is 5.17 Å². The van der Waals surface area contributed by atoms with Crippen molar-refractivity contribution < 1.29 is 15.3 Å². The van der Waals surface area contributed by atoms with Gasteiger partial charge in [0.05, 0.1) is 12.1 Å². The Labute approximate surface area is 92.8 Å². The Balaban J connectivity index is 2.19. The second kappa shape index (κ2) is 3.93. The lowest BCUT2D eigenvalue weighted by atomic mass is 10.1. The van der Waals surface area contributed by atoms with Crippen LogP contribution in [-0.4, -0.2) is 69.6 Å². The fourth-order valence-corrected chi connectivity index (χ4v) is 3.54. The first kappa shape index (κ1) is 11.2. The molecule has 1 aliphatic carbocycles. The number of fused-ring (bicyclic) bond motifs is 1. The Morgan fingerprint density at radius 2 is 2.00 bits per heavy atom. The second-order valence-electron chi connectivity index (χ2n) is 4.21. The summed E-state index contributed by atoms with van der Waals surface area (Å²) in [5.41, 5.74) is 0. The van der Waals surface area contributed by atoms with E-state index in [4.69, 9.17) is 0 Å². The largest absolute Gasteiger partial charge is 0.396 e. The van der Waals surface area contributed by atoms with Crippen LogP contribution in [0.25, 0.3) is 0 Å². The Morgan fingerprint density at radius 1 is 1.33 bits per heavy atom. The molecule has 0 bridgehead atoms.